The minimum atomic E-state index is -0.940. The number of rotatable bonds is 4. The van der Waals surface area contributed by atoms with Gasteiger partial charge in [-0.25, -0.2) is 0 Å². The zero-order chi connectivity index (χ0) is 13.9. The Bertz CT molecular complexity index is 326. The van der Waals surface area contributed by atoms with Crippen molar-refractivity contribution in [3.05, 3.63) is 0 Å². The van der Waals surface area contributed by atoms with Gasteiger partial charge in [0.05, 0.1) is 12.5 Å². The zero-order valence-corrected chi connectivity index (χ0v) is 11.7. The summed E-state index contributed by atoms with van der Waals surface area (Å²) in [5, 5.41) is 11.9. The van der Waals surface area contributed by atoms with E-state index in [1.165, 1.54) is 0 Å². The van der Waals surface area contributed by atoms with Crippen LogP contribution < -0.4 is 5.32 Å². The van der Waals surface area contributed by atoms with Crippen LogP contribution >= 0.6 is 0 Å². The molecular formula is C13H24N2O3. The van der Waals surface area contributed by atoms with E-state index < -0.39 is 12.0 Å². The molecule has 0 radical (unpaired) electrons. The highest BCUT2D eigenvalue weighted by Crippen LogP contribution is 2.24. The molecule has 1 amide bonds. The van der Waals surface area contributed by atoms with Gasteiger partial charge in [0, 0.05) is 12.1 Å². The number of carbonyl (C=O) groups excluding carboxylic acids is 1. The van der Waals surface area contributed by atoms with Gasteiger partial charge in [0.25, 0.3) is 0 Å². The van der Waals surface area contributed by atoms with Gasteiger partial charge in [-0.05, 0) is 32.7 Å². The van der Waals surface area contributed by atoms with Crippen molar-refractivity contribution in [1.82, 2.24) is 10.2 Å². The average molecular weight is 256 g/mol. The van der Waals surface area contributed by atoms with Gasteiger partial charge < -0.3 is 15.3 Å². The van der Waals surface area contributed by atoms with Crippen molar-refractivity contribution in [1.29, 1.82) is 0 Å². The molecular weight excluding hydrogens is 232 g/mol. The monoisotopic (exact) mass is 256 g/mol. The Morgan fingerprint density at radius 3 is 2.67 bits per heavy atom. The molecule has 0 aromatic heterocycles. The minimum absolute atomic E-state index is 0.0893. The molecule has 18 heavy (non-hydrogen) atoms. The van der Waals surface area contributed by atoms with Gasteiger partial charge in [0.2, 0.25) is 5.91 Å². The summed E-state index contributed by atoms with van der Waals surface area (Å²) < 4.78 is 0. The lowest BCUT2D eigenvalue weighted by Gasteiger charge is -2.39. The number of hydrogen-bond donors (Lipinski definition) is 2. The fourth-order valence-electron chi connectivity index (χ4n) is 2.30. The Balaban J connectivity index is 2.90. The lowest BCUT2D eigenvalue weighted by molar-refractivity contribution is -0.144. The van der Waals surface area contributed by atoms with Crippen LogP contribution in [0.15, 0.2) is 0 Å². The molecule has 1 unspecified atom stereocenters. The fraction of sp³-hybridized carbons (Fsp3) is 0.846. The third-order valence-electron chi connectivity index (χ3n) is 3.35. The molecule has 0 bridgehead atoms. The second-order valence-electron chi connectivity index (χ2n) is 6.01. The summed E-state index contributed by atoms with van der Waals surface area (Å²) >= 11 is 0. The van der Waals surface area contributed by atoms with Crippen molar-refractivity contribution in [3.63, 3.8) is 0 Å². The van der Waals surface area contributed by atoms with Crippen molar-refractivity contribution < 1.29 is 14.7 Å². The summed E-state index contributed by atoms with van der Waals surface area (Å²) in [7, 11) is 0. The van der Waals surface area contributed by atoms with E-state index in [1.54, 1.807) is 0 Å². The van der Waals surface area contributed by atoms with Gasteiger partial charge in [-0.15, -0.1) is 0 Å². The van der Waals surface area contributed by atoms with Crippen LogP contribution in [0.3, 0.4) is 0 Å². The molecule has 1 aliphatic rings. The van der Waals surface area contributed by atoms with Gasteiger partial charge in [-0.3, -0.25) is 9.59 Å². The molecule has 0 saturated carbocycles. The zero-order valence-electron chi connectivity index (χ0n) is 11.7. The Kier molecular flexibility index (Phi) is 4.73. The van der Waals surface area contributed by atoms with E-state index in [1.807, 2.05) is 18.7 Å². The number of carboxylic acid groups (broad SMARTS) is 1. The topological polar surface area (TPSA) is 69.6 Å². The Hall–Kier alpha value is -1.10. The highest BCUT2D eigenvalue weighted by Gasteiger charge is 2.38. The third kappa shape index (κ3) is 3.70. The highest BCUT2D eigenvalue weighted by atomic mass is 16.4. The van der Waals surface area contributed by atoms with Crippen molar-refractivity contribution in [2.45, 2.75) is 52.1 Å². The second kappa shape index (κ2) is 5.69. The van der Waals surface area contributed by atoms with Crippen LogP contribution in [0, 0.1) is 5.92 Å². The first-order valence-corrected chi connectivity index (χ1v) is 6.50. The number of amides is 1. The normalized spacial score (nSPS) is 24.2. The van der Waals surface area contributed by atoms with Crippen LogP contribution in [0.1, 0.15) is 40.5 Å². The van der Waals surface area contributed by atoms with Gasteiger partial charge in [0.1, 0.15) is 0 Å². The maximum Gasteiger partial charge on any atom is 0.305 e. The maximum atomic E-state index is 12.4. The van der Waals surface area contributed by atoms with Crippen LogP contribution in [-0.4, -0.2) is 46.6 Å². The second-order valence-corrected chi connectivity index (χ2v) is 6.01. The van der Waals surface area contributed by atoms with Crippen molar-refractivity contribution in [2.24, 2.45) is 5.92 Å². The van der Waals surface area contributed by atoms with E-state index in [9.17, 15) is 9.59 Å². The van der Waals surface area contributed by atoms with Crippen molar-refractivity contribution >= 4 is 11.9 Å². The molecule has 1 aliphatic heterocycles. The molecule has 1 saturated heterocycles. The summed E-state index contributed by atoms with van der Waals surface area (Å²) in [6.45, 7) is 9.55. The number of carbonyl (C=O) groups is 2. The smallest absolute Gasteiger partial charge is 0.305 e. The van der Waals surface area contributed by atoms with E-state index in [-0.39, 0.29) is 17.9 Å². The van der Waals surface area contributed by atoms with Crippen molar-refractivity contribution in [3.8, 4) is 0 Å². The molecule has 1 heterocycles. The minimum Gasteiger partial charge on any atom is -0.481 e. The van der Waals surface area contributed by atoms with Crippen LogP contribution in [-0.2, 0) is 9.59 Å². The largest absolute Gasteiger partial charge is 0.481 e. The lowest BCUT2D eigenvalue weighted by atomic mass is 9.96. The molecule has 1 atom stereocenters. The fourth-order valence-corrected chi connectivity index (χ4v) is 2.30. The van der Waals surface area contributed by atoms with E-state index in [0.29, 0.717) is 19.0 Å². The molecule has 104 valence electrons. The summed E-state index contributed by atoms with van der Waals surface area (Å²) in [4.78, 5) is 25.1. The standard InChI is InChI=1S/C13H24N2O3/c1-9(2)8-15-12(18)10(7-11(16)17)14-6-5-13(15,3)4/h9-10,14H,5-8H2,1-4H3,(H,16,17). The van der Waals surface area contributed by atoms with Crippen LogP contribution in [0.2, 0.25) is 0 Å². The van der Waals surface area contributed by atoms with Crippen LogP contribution in [0.5, 0.6) is 0 Å². The number of hydrogen-bond acceptors (Lipinski definition) is 3. The van der Waals surface area contributed by atoms with Gasteiger partial charge in [-0.1, -0.05) is 13.8 Å². The number of aliphatic carboxylic acids is 1. The van der Waals surface area contributed by atoms with E-state index in [2.05, 4.69) is 19.2 Å². The number of carboxylic acids is 1. The maximum absolute atomic E-state index is 12.4. The van der Waals surface area contributed by atoms with E-state index in [4.69, 9.17) is 5.11 Å². The predicted molar refractivity (Wildman–Crippen MR) is 69.3 cm³/mol. The molecule has 1 rings (SSSR count). The first-order chi connectivity index (χ1) is 8.24. The summed E-state index contributed by atoms with van der Waals surface area (Å²) in [6.07, 6.45) is 0.686. The van der Waals surface area contributed by atoms with Gasteiger partial charge in [-0.2, -0.15) is 0 Å². The summed E-state index contributed by atoms with van der Waals surface area (Å²) in [6, 6.07) is -0.594. The predicted octanol–water partition coefficient (Wildman–Crippen LogP) is 1.09. The Labute approximate surface area is 109 Å². The first-order valence-electron chi connectivity index (χ1n) is 6.50. The van der Waals surface area contributed by atoms with E-state index in [0.717, 1.165) is 6.42 Å². The molecule has 0 aromatic carbocycles. The first kappa shape index (κ1) is 15.0. The van der Waals surface area contributed by atoms with E-state index >= 15 is 0 Å². The average Bonchev–Trinajstić information content (AvgIpc) is 2.30. The van der Waals surface area contributed by atoms with Gasteiger partial charge >= 0.3 is 5.97 Å². The molecule has 0 aliphatic carbocycles. The van der Waals surface area contributed by atoms with Gasteiger partial charge in [0.15, 0.2) is 0 Å². The highest BCUT2D eigenvalue weighted by molar-refractivity contribution is 5.87. The number of nitrogens with zero attached hydrogens (tertiary/aromatic N) is 1. The number of nitrogens with one attached hydrogen (secondary N) is 1. The van der Waals surface area contributed by atoms with Crippen LogP contribution in [0.4, 0.5) is 0 Å². The lowest BCUT2D eigenvalue weighted by Crippen LogP contribution is -2.52. The molecule has 5 heteroatoms. The molecule has 2 N–H and O–H groups in total. The molecule has 1 fully saturated rings. The molecule has 5 nitrogen and oxygen atoms in total. The molecule has 0 spiro atoms. The summed E-state index contributed by atoms with van der Waals surface area (Å²) in [5.41, 5.74) is -0.221. The third-order valence-corrected chi connectivity index (χ3v) is 3.35. The Morgan fingerprint density at radius 2 is 2.17 bits per heavy atom. The summed E-state index contributed by atoms with van der Waals surface area (Å²) in [5.74, 6) is -0.657. The SMILES string of the molecule is CC(C)CN1C(=O)C(CC(=O)O)NCCC1(C)C. The Morgan fingerprint density at radius 1 is 1.56 bits per heavy atom. The van der Waals surface area contributed by atoms with Crippen molar-refractivity contribution in [2.75, 3.05) is 13.1 Å². The quantitative estimate of drug-likeness (QED) is 0.790. The molecule has 0 aromatic rings. The van der Waals surface area contributed by atoms with Crippen LogP contribution in [0.25, 0.3) is 0 Å².